The molecule has 0 fully saturated rings. The molecule has 0 aliphatic rings. The van der Waals surface area contributed by atoms with Crippen molar-refractivity contribution in [1.82, 2.24) is 4.98 Å². The van der Waals surface area contributed by atoms with Gasteiger partial charge in [0.05, 0.1) is 11.2 Å². The first-order valence-corrected chi connectivity index (χ1v) is 8.28. The van der Waals surface area contributed by atoms with E-state index in [0.717, 1.165) is 22.0 Å². The minimum Gasteiger partial charge on any atom is -0.320 e. The molecule has 3 aromatic rings. The number of aryl methyl sites for hydroxylation is 2. The van der Waals surface area contributed by atoms with Crippen LogP contribution in [0, 0.1) is 6.92 Å². The van der Waals surface area contributed by atoms with Crippen molar-refractivity contribution in [2.24, 2.45) is 0 Å². The number of ketones is 1. The number of carbonyl (C=O) groups excluding carboxylic acids is 2. The minimum absolute atomic E-state index is 0.116. The van der Waals surface area contributed by atoms with Gasteiger partial charge in [0.15, 0.2) is 0 Å². The second-order valence-corrected chi connectivity index (χ2v) is 6.20. The Balaban J connectivity index is 1.92. The Kier molecular flexibility index (Phi) is 4.89. The standard InChI is InChI=1S/C21H20N2O2/c1-14-8-10-16(11-9-15(2)24)18(13-14)21(25)23-19-7-3-5-17-6-4-12-22-20(17)19/h3-8,10,12-13H,9,11H2,1-2H3,(H,23,25). The number of aromatic nitrogens is 1. The third kappa shape index (κ3) is 3.91. The Bertz CT molecular complexity index is 942. The van der Waals surface area contributed by atoms with E-state index in [1.165, 1.54) is 0 Å². The van der Waals surface area contributed by atoms with E-state index in [1.807, 2.05) is 55.5 Å². The van der Waals surface area contributed by atoms with E-state index < -0.39 is 0 Å². The number of nitrogens with one attached hydrogen (secondary N) is 1. The molecular weight excluding hydrogens is 312 g/mol. The van der Waals surface area contributed by atoms with Gasteiger partial charge in [0, 0.05) is 23.6 Å². The first-order chi connectivity index (χ1) is 12.0. The summed E-state index contributed by atoms with van der Waals surface area (Å²) in [4.78, 5) is 28.5. The summed E-state index contributed by atoms with van der Waals surface area (Å²) in [6.07, 6.45) is 2.70. The summed E-state index contributed by atoms with van der Waals surface area (Å²) < 4.78 is 0. The summed E-state index contributed by atoms with van der Waals surface area (Å²) in [6.45, 7) is 3.51. The first-order valence-electron chi connectivity index (χ1n) is 8.28. The summed E-state index contributed by atoms with van der Waals surface area (Å²) >= 11 is 0. The molecule has 0 saturated carbocycles. The lowest BCUT2D eigenvalue weighted by Gasteiger charge is -2.12. The number of pyridine rings is 1. The molecule has 0 unspecified atom stereocenters. The molecule has 3 rings (SSSR count). The molecule has 126 valence electrons. The smallest absolute Gasteiger partial charge is 0.256 e. The summed E-state index contributed by atoms with van der Waals surface area (Å²) in [7, 11) is 0. The highest BCUT2D eigenvalue weighted by atomic mass is 16.1. The number of nitrogens with zero attached hydrogens (tertiary/aromatic N) is 1. The number of fused-ring (bicyclic) bond motifs is 1. The lowest BCUT2D eigenvalue weighted by molar-refractivity contribution is -0.116. The third-order valence-electron chi connectivity index (χ3n) is 4.14. The molecule has 0 atom stereocenters. The number of rotatable bonds is 5. The Morgan fingerprint density at radius 2 is 1.88 bits per heavy atom. The topological polar surface area (TPSA) is 59.1 Å². The molecule has 1 N–H and O–H groups in total. The number of benzene rings is 2. The molecule has 2 aromatic carbocycles. The van der Waals surface area contributed by atoms with Crippen LogP contribution >= 0.6 is 0 Å². The van der Waals surface area contributed by atoms with Gasteiger partial charge < -0.3 is 10.1 Å². The second-order valence-electron chi connectivity index (χ2n) is 6.20. The van der Waals surface area contributed by atoms with E-state index in [1.54, 1.807) is 13.1 Å². The zero-order valence-corrected chi connectivity index (χ0v) is 14.4. The van der Waals surface area contributed by atoms with Gasteiger partial charge in [0.2, 0.25) is 0 Å². The molecule has 0 aliphatic heterocycles. The van der Waals surface area contributed by atoms with Crippen LogP contribution in [-0.4, -0.2) is 16.7 Å². The lowest BCUT2D eigenvalue weighted by Crippen LogP contribution is -2.15. The average Bonchev–Trinajstić information content (AvgIpc) is 2.60. The van der Waals surface area contributed by atoms with Gasteiger partial charge in [-0.1, -0.05) is 35.9 Å². The minimum atomic E-state index is -0.180. The van der Waals surface area contributed by atoms with Gasteiger partial charge in [-0.3, -0.25) is 9.78 Å². The van der Waals surface area contributed by atoms with Crippen molar-refractivity contribution in [3.05, 3.63) is 71.4 Å². The Morgan fingerprint density at radius 1 is 1.08 bits per heavy atom. The molecule has 1 heterocycles. The number of Topliss-reactive ketones (excluding diaryl/α,β-unsaturated/α-hetero) is 1. The third-order valence-corrected chi connectivity index (χ3v) is 4.14. The molecular formula is C21H20N2O2. The molecule has 25 heavy (non-hydrogen) atoms. The average molecular weight is 332 g/mol. The number of para-hydroxylation sites is 1. The molecule has 4 nitrogen and oxygen atoms in total. The molecule has 0 spiro atoms. The van der Waals surface area contributed by atoms with Gasteiger partial charge >= 0.3 is 0 Å². The lowest BCUT2D eigenvalue weighted by atomic mass is 9.99. The zero-order valence-electron chi connectivity index (χ0n) is 14.4. The van der Waals surface area contributed by atoms with E-state index in [2.05, 4.69) is 10.3 Å². The van der Waals surface area contributed by atoms with Gasteiger partial charge in [0.1, 0.15) is 5.78 Å². The SMILES string of the molecule is CC(=O)CCc1ccc(C)cc1C(=O)Nc1cccc2cccnc12. The van der Waals surface area contributed by atoms with Crippen molar-refractivity contribution < 1.29 is 9.59 Å². The predicted molar refractivity (Wildman–Crippen MR) is 99.9 cm³/mol. The van der Waals surface area contributed by atoms with Crippen molar-refractivity contribution >= 4 is 28.3 Å². The molecule has 0 aliphatic carbocycles. The monoisotopic (exact) mass is 332 g/mol. The van der Waals surface area contributed by atoms with Crippen LogP contribution in [0.25, 0.3) is 10.9 Å². The largest absolute Gasteiger partial charge is 0.320 e. The zero-order chi connectivity index (χ0) is 17.8. The van der Waals surface area contributed by atoms with E-state index in [-0.39, 0.29) is 11.7 Å². The van der Waals surface area contributed by atoms with E-state index >= 15 is 0 Å². The summed E-state index contributed by atoms with van der Waals surface area (Å²) in [5, 5.41) is 3.94. The van der Waals surface area contributed by atoms with Gasteiger partial charge in [-0.05, 0) is 44.0 Å². The Labute approximate surface area is 146 Å². The molecule has 4 heteroatoms. The van der Waals surface area contributed by atoms with Crippen LogP contribution in [0.4, 0.5) is 5.69 Å². The highest BCUT2D eigenvalue weighted by Crippen LogP contribution is 2.22. The van der Waals surface area contributed by atoms with E-state index in [0.29, 0.717) is 24.1 Å². The maximum atomic E-state index is 12.9. The van der Waals surface area contributed by atoms with Crippen LogP contribution in [0.1, 0.15) is 34.8 Å². The maximum Gasteiger partial charge on any atom is 0.256 e. The highest BCUT2D eigenvalue weighted by molar-refractivity contribution is 6.09. The summed E-state index contributed by atoms with van der Waals surface area (Å²) in [5.41, 5.74) is 3.94. The van der Waals surface area contributed by atoms with Crippen molar-refractivity contribution in [3.63, 3.8) is 0 Å². The molecule has 1 aromatic heterocycles. The van der Waals surface area contributed by atoms with Crippen molar-refractivity contribution in [2.75, 3.05) is 5.32 Å². The normalized spacial score (nSPS) is 10.6. The number of anilines is 1. The van der Waals surface area contributed by atoms with Gasteiger partial charge in [-0.15, -0.1) is 0 Å². The highest BCUT2D eigenvalue weighted by Gasteiger charge is 2.14. The van der Waals surface area contributed by atoms with Gasteiger partial charge in [-0.2, -0.15) is 0 Å². The fourth-order valence-corrected chi connectivity index (χ4v) is 2.83. The molecule has 0 bridgehead atoms. The Morgan fingerprint density at radius 3 is 2.68 bits per heavy atom. The van der Waals surface area contributed by atoms with Crippen LogP contribution in [0.5, 0.6) is 0 Å². The van der Waals surface area contributed by atoms with Gasteiger partial charge in [-0.25, -0.2) is 0 Å². The van der Waals surface area contributed by atoms with Gasteiger partial charge in [0.25, 0.3) is 5.91 Å². The van der Waals surface area contributed by atoms with Crippen molar-refractivity contribution in [3.8, 4) is 0 Å². The van der Waals surface area contributed by atoms with Crippen LogP contribution in [0.2, 0.25) is 0 Å². The number of carbonyl (C=O) groups is 2. The van der Waals surface area contributed by atoms with Crippen LogP contribution in [0.3, 0.4) is 0 Å². The molecule has 1 amide bonds. The second kappa shape index (κ2) is 7.26. The predicted octanol–water partition coefficient (Wildman–Crippen LogP) is 4.32. The maximum absolute atomic E-state index is 12.9. The first kappa shape index (κ1) is 16.8. The fourth-order valence-electron chi connectivity index (χ4n) is 2.83. The summed E-state index contributed by atoms with van der Waals surface area (Å²) in [6, 6.07) is 15.3. The molecule has 0 radical (unpaired) electrons. The number of hydrogen-bond donors (Lipinski definition) is 1. The van der Waals surface area contributed by atoms with Crippen molar-refractivity contribution in [1.29, 1.82) is 0 Å². The van der Waals surface area contributed by atoms with Crippen LogP contribution < -0.4 is 5.32 Å². The van der Waals surface area contributed by atoms with Crippen LogP contribution in [0.15, 0.2) is 54.7 Å². The summed E-state index contributed by atoms with van der Waals surface area (Å²) in [5.74, 6) is -0.0643. The van der Waals surface area contributed by atoms with Crippen LogP contribution in [-0.2, 0) is 11.2 Å². The van der Waals surface area contributed by atoms with Crippen molar-refractivity contribution in [2.45, 2.75) is 26.7 Å². The van der Waals surface area contributed by atoms with E-state index in [9.17, 15) is 9.59 Å². The molecule has 0 saturated heterocycles. The number of hydrogen-bond acceptors (Lipinski definition) is 3. The van der Waals surface area contributed by atoms with E-state index in [4.69, 9.17) is 0 Å². The Hall–Kier alpha value is -3.01. The number of amides is 1. The quantitative estimate of drug-likeness (QED) is 0.757. The fraction of sp³-hybridized carbons (Fsp3) is 0.190.